The number of esters is 1. The molecule has 13 heteroatoms. The first-order valence-electron chi connectivity index (χ1n) is 10.7. The van der Waals surface area contributed by atoms with Crippen LogP contribution >= 0.6 is 35.6 Å². The number of carbonyl (C=O) groups is 1. The maximum atomic E-state index is 13.7. The van der Waals surface area contributed by atoms with Gasteiger partial charge in [-0.1, -0.05) is 54.7 Å². The molecule has 0 amide bonds. The number of guanidine groups is 1. The first kappa shape index (κ1) is 29.6. The molecule has 0 fully saturated rings. The minimum absolute atomic E-state index is 0. The maximum Gasteiger partial charge on any atom is 0.321 e. The second-order valence-corrected chi connectivity index (χ2v) is 10.5. The van der Waals surface area contributed by atoms with Crippen molar-refractivity contribution in [1.29, 1.82) is 5.41 Å². The first-order chi connectivity index (χ1) is 16.6. The number of nitrogens with zero attached hydrogens (tertiary/aromatic N) is 2. The molecule has 0 spiro atoms. The molecule has 3 aromatic rings. The number of hydrogen-bond acceptors (Lipinski definition) is 6. The lowest BCUT2D eigenvalue weighted by atomic mass is 10.1. The molecular weight excluding hydrogens is 549 g/mol. The number of rotatable bonds is 10. The summed E-state index contributed by atoms with van der Waals surface area (Å²) in [6.07, 6.45) is 2.89. The van der Waals surface area contributed by atoms with E-state index in [9.17, 15) is 13.2 Å². The van der Waals surface area contributed by atoms with Gasteiger partial charge >= 0.3 is 5.97 Å². The van der Waals surface area contributed by atoms with Gasteiger partial charge in [0.15, 0.2) is 5.96 Å². The summed E-state index contributed by atoms with van der Waals surface area (Å²) in [5, 5.41) is 11.7. The van der Waals surface area contributed by atoms with E-state index >= 15 is 0 Å². The number of fused-ring (bicyclic) bond motifs is 1. The van der Waals surface area contributed by atoms with Gasteiger partial charge in [0.25, 0.3) is 0 Å². The van der Waals surface area contributed by atoms with Gasteiger partial charge in [0, 0.05) is 28.5 Å². The van der Waals surface area contributed by atoms with E-state index in [4.69, 9.17) is 39.1 Å². The summed E-state index contributed by atoms with van der Waals surface area (Å²) in [6.45, 7) is 1.58. The molecule has 0 aliphatic rings. The average molecular weight is 575 g/mol. The Balaban J connectivity index is 0.00000456. The number of sulfonamides is 1. The van der Waals surface area contributed by atoms with E-state index in [0.29, 0.717) is 32.8 Å². The number of nitrogens with two attached hydrogens (primary N) is 1. The SMILES string of the molecule is CCCCOC(=O)CN(Cc1cccc(Cl)c1)S(=O)(=O)c1ccc2c(Cl)cnc(NC(=N)N)c2c1.Cl. The van der Waals surface area contributed by atoms with Crippen molar-refractivity contribution in [3.63, 3.8) is 0 Å². The van der Waals surface area contributed by atoms with E-state index in [0.717, 1.165) is 10.7 Å². The molecule has 0 saturated carbocycles. The van der Waals surface area contributed by atoms with Crippen molar-refractivity contribution in [3.05, 3.63) is 64.3 Å². The average Bonchev–Trinajstić information content (AvgIpc) is 2.80. The van der Waals surface area contributed by atoms with Crippen LogP contribution in [0, 0.1) is 5.41 Å². The second kappa shape index (κ2) is 13.1. The van der Waals surface area contributed by atoms with Crippen molar-refractivity contribution in [1.82, 2.24) is 9.29 Å². The molecule has 0 radical (unpaired) electrons. The van der Waals surface area contributed by atoms with E-state index in [2.05, 4.69) is 10.3 Å². The molecule has 0 atom stereocenters. The molecule has 1 heterocycles. The Morgan fingerprint density at radius 3 is 2.61 bits per heavy atom. The number of anilines is 1. The summed E-state index contributed by atoms with van der Waals surface area (Å²) < 4.78 is 33.6. The van der Waals surface area contributed by atoms with Crippen LogP contribution < -0.4 is 11.1 Å². The molecule has 2 aromatic carbocycles. The third-order valence-corrected chi connectivity index (χ3v) is 7.34. The van der Waals surface area contributed by atoms with E-state index in [1.807, 2.05) is 6.92 Å². The quantitative estimate of drug-likeness (QED) is 0.137. The van der Waals surface area contributed by atoms with Gasteiger partial charge in [-0.25, -0.2) is 13.4 Å². The number of unbranched alkanes of at least 4 members (excludes halogenated alkanes) is 1. The Morgan fingerprint density at radius 2 is 1.94 bits per heavy atom. The monoisotopic (exact) mass is 573 g/mol. The second-order valence-electron chi connectivity index (χ2n) is 7.68. The van der Waals surface area contributed by atoms with E-state index < -0.39 is 22.5 Å². The van der Waals surface area contributed by atoms with Crippen LogP contribution in [0.15, 0.2) is 53.6 Å². The summed E-state index contributed by atoms with van der Waals surface area (Å²) >= 11 is 12.3. The first-order valence-corrected chi connectivity index (χ1v) is 12.9. The number of nitrogens with one attached hydrogen (secondary N) is 2. The molecule has 9 nitrogen and oxygen atoms in total. The molecule has 0 unspecified atom stereocenters. The summed E-state index contributed by atoms with van der Waals surface area (Å²) in [5.74, 6) is -0.852. The number of halogens is 3. The molecule has 3 rings (SSSR count). The fourth-order valence-corrected chi connectivity index (χ4v) is 5.14. The van der Waals surface area contributed by atoms with Gasteiger partial charge in [0.2, 0.25) is 10.0 Å². The van der Waals surface area contributed by atoms with Crippen molar-refractivity contribution in [3.8, 4) is 0 Å². The predicted molar refractivity (Wildman–Crippen MR) is 144 cm³/mol. The van der Waals surface area contributed by atoms with E-state index in [1.165, 1.54) is 24.4 Å². The number of pyridine rings is 1. The van der Waals surface area contributed by atoms with Gasteiger partial charge in [0.05, 0.1) is 16.5 Å². The van der Waals surface area contributed by atoms with Crippen molar-refractivity contribution in [2.45, 2.75) is 31.2 Å². The molecule has 0 aliphatic carbocycles. The van der Waals surface area contributed by atoms with Crippen LogP contribution in [0.3, 0.4) is 0 Å². The highest BCUT2D eigenvalue weighted by molar-refractivity contribution is 7.89. The standard InChI is InChI=1S/C23H25Cl2N5O4S.ClH/c1-2-3-9-34-21(31)14-30(13-15-5-4-6-16(24)10-15)35(32,33)17-7-8-18-19(11-17)22(29-23(26)27)28-12-20(18)25;/h4-8,10-12H,2-3,9,13-14H2,1H3,(H4,26,27,28,29);1H. The third kappa shape index (κ3) is 7.44. The largest absolute Gasteiger partial charge is 0.465 e. The van der Waals surface area contributed by atoms with Crippen LogP contribution in [0.2, 0.25) is 10.0 Å². The minimum atomic E-state index is -4.18. The zero-order valence-electron chi connectivity index (χ0n) is 19.3. The Labute approximate surface area is 225 Å². The number of hydrogen-bond donors (Lipinski definition) is 3. The van der Waals surface area contributed by atoms with Gasteiger partial charge in [-0.05, 0) is 36.2 Å². The lowest BCUT2D eigenvalue weighted by molar-refractivity contribution is -0.144. The van der Waals surface area contributed by atoms with Crippen molar-refractivity contribution >= 4 is 74.2 Å². The van der Waals surface area contributed by atoms with Gasteiger partial charge in [-0.2, -0.15) is 4.31 Å². The van der Waals surface area contributed by atoms with Crippen LogP contribution in [0.5, 0.6) is 0 Å². The van der Waals surface area contributed by atoms with Gasteiger partial charge in [-0.15, -0.1) is 12.4 Å². The number of ether oxygens (including phenoxy) is 1. The molecule has 194 valence electrons. The normalized spacial score (nSPS) is 11.2. The van der Waals surface area contributed by atoms with Gasteiger partial charge < -0.3 is 15.8 Å². The molecule has 0 bridgehead atoms. The molecule has 0 saturated heterocycles. The Bertz CT molecular complexity index is 1350. The van der Waals surface area contributed by atoms with Crippen LogP contribution in [-0.4, -0.2) is 42.8 Å². The topological polar surface area (TPSA) is 138 Å². The third-order valence-electron chi connectivity index (χ3n) is 5.02. The Hall–Kier alpha value is -2.63. The highest BCUT2D eigenvalue weighted by Crippen LogP contribution is 2.31. The van der Waals surface area contributed by atoms with Crippen molar-refractivity contribution in [2.24, 2.45) is 5.73 Å². The highest BCUT2D eigenvalue weighted by Gasteiger charge is 2.28. The number of aromatic nitrogens is 1. The molecule has 0 aliphatic heterocycles. The molecular formula is C23H26Cl3N5O4S. The zero-order valence-corrected chi connectivity index (χ0v) is 22.5. The smallest absolute Gasteiger partial charge is 0.321 e. The summed E-state index contributed by atoms with van der Waals surface area (Å²) in [6, 6.07) is 11.0. The van der Waals surface area contributed by atoms with Crippen molar-refractivity contribution in [2.75, 3.05) is 18.5 Å². The highest BCUT2D eigenvalue weighted by atomic mass is 35.5. The summed E-state index contributed by atoms with van der Waals surface area (Å²) in [5.41, 5.74) is 6.04. The zero-order chi connectivity index (χ0) is 25.6. The Kier molecular flexibility index (Phi) is 10.7. The predicted octanol–water partition coefficient (Wildman–Crippen LogP) is 4.80. The van der Waals surface area contributed by atoms with Crippen LogP contribution in [-0.2, 0) is 26.1 Å². The molecule has 4 N–H and O–H groups in total. The van der Waals surface area contributed by atoms with Gasteiger partial charge in [-0.3, -0.25) is 10.2 Å². The molecule has 36 heavy (non-hydrogen) atoms. The van der Waals surface area contributed by atoms with Crippen LogP contribution in [0.25, 0.3) is 10.8 Å². The number of benzene rings is 2. The maximum absolute atomic E-state index is 13.7. The molecule has 1 aromatic heterocycles. The van der Waals surface area contributed by atoms with E-state index in [-0.39, 0.29) is 42.2 Å². The van der Waals surface area contributed by atoms with E-state index in [1.54, 1.807) is 24.3 Å². The summed E-state index contributed by atoms with van der Waals surface area (Å²) in [7, 11) is -4.18. The fourth-order valence-electron chi connectivity index (χ4n) is 3.31. The number of carbonyl (C=O) groups excluding carboxylic acids is 1. The minimum Gasteiger partial charge on any atom is -0.465 e. The Morgan fingerprint density at radius 1 is 1.19 bits per heavy atom. The summed E-state index contributed by atoms with van der Waals surface area (Å²) in [4.78, 5) is 16.5. The fraction of sp³-hybridized carbons (Fsp3) is 0.261. The lowest BCUT2D eigenvalue weighted by Crippen LogP contribution is -2.36. The lowest BCUT2D eigenvalue weighted by Gasteiger charge is -2.22. The van der Waals surface area contributed by atoms with Gasteiger partial charge in [0.1, 0.15) is 12.4 Å². The van der Waals surface area contributed by atoms with Crippen molar-refractivity contribution < 1.29 is 17.9 Å². The van der Waals surface area contributed by atoms with Crippen LogP contribution in [0.1, 0.15) is 25.3 Å². The van der Waals surface area contributed by atoms with Crippen LogP contribution in [0.4, 0.5) is 5.82 Å².